The van der Waals surface area contributed by atoms with Gasteiger partial charge in [0.2, 0.25) is 5.91 Å². The molecule has 2 aliphatic carbocycles. The van der Waals surface area contributed by atoms with Gasteiger partial charge in [-0.25, -0.2) is 9.97 Å². The van der Waals surface area contributed by atoms with Crippen molar-refractivity contribution in [2.24, 2.45) is 17.8 Å². The van der Waals surface area contributed by atoms with Gasteiger partial charge in [0.25, 0.3) is 0 Å². The molecule has 3 aliphatic rings. The van der Waals surface area contributed by atoms with Gasteiger partial charge in [0, 0.05) is 29.9 Å². The summed E-state index contributed by atoms with van der Waals surface area (Å²) in [7, 11) is 0. The average molecular weight is 380 g/mol. The molecule has 0 radical (unpaired) electrons. The Bertz CT molecular complexity index is 813. The van der Waals surface area contributed by atoms with Gasteiger partial charge in [0.1, 0.15) is 6.33 Å². The fraction of sp³-hybridized carbons (Fsp3) is 0.619. The first-order chi connectivity index (χ1) is 13.8. The lowest BCUT2D eigenvalue weighted by Gasteiger charge is -2.47. The first-order valence-corrected chi connectivity index (χ1v) is 10.6. The van der Waals surface area contributed by atoms with E-state index >= 15 is 0 Å². The molecule has 3 fully saturated rings. The van der Waals surface area contributed by atoms with Gasteiger partial charge in [-0.3, -0.25) is 9.48 Å². The van der Waals surface area contributed by atoms with Crippen LogP contribution in [0, 0.1) is 17.8 Å². The highest BCUT2D eigenvalue weighted by Gasteiger charge is 2.46. The van der Waals surface area contributed by atoms with Crippen LogP contribution in [0.2, 0.25) is 0 Å². The molecular weight excluding hydrogens is 352 g/mol. The number of nitrogens with zero attached hydrogens (tertiary/aromatic N) is 4. The maximum Gasteiger partial charge on any atom is 0.223 e. The average Bonchev–Trinajstić information content (AvgIpc) is 3.20. The molecule has 5 rings (SSSR count). The molecule has 0 spiro atoms. The summed E-state index contributed by atoms with van der Waals surface area (Å²) >= 11 is 0. The normalized spacial score (nSPS) is 32.2. The second-order valence-electron chi connectivity index (χ2n) is 8.58. The van der Waals surface area contributed by atoms with E-state index < -0.39 is 0 Å². The zero-order valence-electron chi connectivity index (χ0n) is 16.1. The highest BCUT2D eigenvalue weighted by atomic mass is 16.2. The van der Waals surface area contributed by atoms with Crippen LogP contribution in [-0.4, -0.2) is 44.8 Å². The number of nitrogens with one attached hydrogen (secondary N) is 2. The Morgan fingerprint density at radius 2 is 2.11 bits per heavy atom. The molecule has 2 aromatic rings. The summed E-state index contributed by atoms with van der Waals surface area (Å²) in [5.41, 5.74) is 1.93. The Balaban J connectivity index is 1.13. The van der Waals surface area contributed by atoms with Crippen molar-refractivity contribution < 1.29 is 4.79 Å². The van der Waals surface area contributed by atoms with Crippen molar-refractivity contribution in [1.82, 2.24) is 30.4 Å². The van der Waals surface area contributed by atoms with Gasteiger partial charge in [-0.05, 0) is 69.5 Å². The third-order valence-corrected chi connectivity index (χ3v) is 6.98. The minimum Gasteiger partial charge on any atom is -0.353 e. The van der Waals surface area contributed by atoms with Crippen molar-refractivity contribution in [2.45, 2.75) is 50.6 Å². The number of hydrogen-bond acceptors (Lipinski definition) is 5. The predicted molar refractivity (Wildman–Crippen MR) is 105 cm³/mol. The van der Waals surface area contributed by atoms with Crippen LogP contribution in [0.5, 0.6) is 0 Å². The highest BCUT2D eigenvalue weighted by Crippen LogP contribution is 2.44. The van der Waals surface area contributed by atoms with Crippen molar-refractivity contribution in [3.8, 4) is 11.3 Å². The van der Waals surface area contributed by atoms with Gasteiger partial charge in [-0.2, -0.15) is 5.10 Å². The van der Waals surface area contributed by atoms with Crippen LogP contribution in [0.4, 0.5) is 0 Å². The first kappa shape index (κ1) is 17.8. The maximum absolute atomic E-state index is 12.7. The molecule has 0 aromatic carbocycles. The number of amides is 1. The lowest BCUT2D eigenvalue weighted by atomic mass is 9.61. The Morgan fingerprint density at radius 1 is 1.21 bits per heavy atom. The van der Waals surface area contributed by atoms with Crippen molar-refractivity contribution in [3.63, 3.8) is 0 Å². The van der Waals surface area contributed by atoms with Gasteiger partial charge in [0.05, 0.1) is 17.9 Å². The quantitative estimate of drug-likeness (QED) is 0.849. The number of fused-ring (bicyclic) bond motifs is 1. The van der Waals surface area contributed by atoms with Crippen molar-refractivity contribution in [3.05, 3.63) is 31.0 Å². The molecule has 1 amide bonds. The lowest BCUT2D eigenvalue weighted by Crippen LogP contribution is -2.55. The molecule has 0 bridgehead atoms. The van der Waals surface area contributed by atoms with E-state index in [0.29, 0.717) is 23.9 Å². The molecule has 0 unspecified atom stereocenters. The molecule has 3 heterocycles. The van der Waals surface area contributed by atoms with E-state index in [-0.39, 0.29) is 5.92 Å². The molecule has 2 aromatic heterocycles. The highest BCUT2D eigenvalue weighted by molar-refractivity contribution is 5.80. The molecular formula is C21H28N6O. The fourth-order valence-electron chi connectivity index (χ4n) is 5.23. The Hall–Kier alpha value is -2.28. The molecule has 2 saturated carbocycles. The number of hydrogen-bond donors (Lipinski definition) is 2. The summed E-state index contributed by atoms with van der Waals surface area (Å²) in [6.07, 6.45) is 13.7. The van der Waals surface area contributed by atoms with Crippen LogP contribution in [-0.2, 0) is 4.79 Å². The standard InChI is InChI=1S/C21H28N6O/c28-21(18-9-14-5-7-22-11-19(14)18)26-16-1-3-17(4-2-16)27-12-15(10-25-27)20-6-8-23-13-24-20/h6,8,10,12-14,16-19,22H,1-5,7,9,11H2,(H,26,28)/t14-,16?,17?,18-,19-/m1/s1. The number of aromatic nitrogens is 4. The van der Waals surface area contributed by atoms with E-state index in [1.54, 1.807) is 12.5 Å². The summed E-state index contributed by atoms with van der Waals surface area (Å²) in [4.78, 5) is 21.0. The van der Waals surface area contributed by atoms with Crippen LogP contribution < -0.4 is 10.6 Å². The Kier molecular flexibility index (Phi) is 4.84. The lowest BCUT2D eigenvalue weighted by molar-refractivity contribution is -0.135. The summed E-state index contributed by atoms with van der Waals surface area (Å²) in [6, 6.07) is 2.62. The minimum atomic E-state index is 0.233. The minimum absolute atomic E-state index is 0.233. The van der Waals surface area contributed by atoms with E-state index in [1.807, 2.05) is 12.3 Å². The van der Waals surface area contributed by atoms with E-state index in [1.165, 1.54) is 6.42 Å². The number of carbonyl (C=O) groups is 1. The van der Waals surface area contributed by atoms with Crippen LogP contribution in [0.1, 0.15) is 44.6 Å². The predicted octanol–water partition coefficient (Wildman–Crippen LogP) is 2.19. The molecule has 3 atom stereocenters. The Morgan fingerprint density at radius 3 is 2.89 bits per heavy atom. The smallest absolute Gasteiger partial charge is 0.223 e. The SMILES string of the molecule is O=C(NC1CCC(n2cc(-c3ccncn3)cn2)CC1)[C@@H]1C[C@H]2CCNC[C@H]21. The summed E-state index contributed by atoms with van der Waals surface area (Å²) in [5, 5.41) is 11.3. The van der Waals surface area contributed by atoms with Gasteiger partial charge in [-0.15, -0.1) is 0 Å². The summed E-state index contributed by atoms with van der Waals surface area (Å²) in [6.45, 7) is 2.13. The summed E-state index contributed by atoms with van der Waals surface area (Å²) in [5.74, 6) is 1.86. The monoisotopic (exact) mass is 380 g/mol. The largest absolute Gasteiger partial charge is 0.353 e. The van der Waals surface area contributed by atoms with Gasteiger partial charge < -0.3 is 10.6 Å². The third-order valence-electron chi connectivity index (χ3n) is 6.98. The van der Waals surface area contributed by atoms with Crippen LogP contribution >= 0.6 is 0 Å². The first-order valence-electron chi connectivity index (χ1n) is 10.6. The van der Waals surface area contributed by atoms with Crippen molar-refractivity contribution in [2.75, 3.05) is 13.1 Å². The van der Waals surface area contributed by atoms with Gasteiger partial charge in [0.15, 0.2) is 0 Å². The molecule has 2 N–H and O–H groups in total. The fourth-order valence-corrected chi connectivity index (χ4v) is 5.23. The van der Waals surface area contributed by atoms with Gasteiger partial charge >= 0.3 is 0 Å². The van der Waals surface area contributed by atoms with E-state index in [0.717, 1.165) is 62.4 Å². The van der Waals surface area contributed by atoms with E-state index in [4.69, 9.17) is 0 Å². The zero-order valence-corrected chi connectivity index (χ0v) is 16.1. The zero-order chi connectivity index (χ0) is 18.9. The topological polar surface area (TPSA) is 84.7 Å². The van der Waals surface area contributed by atoms with E-state index in [9.17, 15) is 4.79 Å². The maximum atomic E-state index is 12.7. The Labute approximate surface area is 165 Å². The van der Waals surface area contributed by atoms with Crippen molar-refractivity contribution in [1.29, 1.82) is 0 Å². The van der Waals surface area contributed by atoms with Crippen LogP contribution in [0.15, 0.2) is 31.0 Å². The number of carbonyl (C=O) groups excluding carboxylic acids is 1. The molecule has 148 valence electrons. The molecule has 7 nitrogen and oxygen atoms in total. The molecule has 1 saturated heterocycles. The molecule has 1 aliphatic heterocycles. The van der Waals surface area contributed by atoms with Crippen LogP contribution in [0.25, 0.3) is 11.3 Å². The number of piperidine rings is 1. The van der Waals surface area contributed by atoms with Crippen molar-refractivity contribution >= 4 is 5.91 Å². The second kappa shape index (κ2) is 7.62. The van der Waals surface area contributed by atoms with Gasteiger partial charge in [-0.1, -0.05) is 0 Å². The molecule has 7 heteroatoms. The third kappa shape index (κ3) is 3.43. The number of rotatable bonds is 4. The summed E-state index contributed by atoms with van der Waals surface area (Å²) < 4.78 is 2.07. The van der Waals surface area contributed by atoms with E-state index in [2.05, 4.69) is 36.6 Å². The van der Waals surface area contributed by atoms with Crippen LogP contribution in [0.3, 0.4) is 0 Å². The second-order valence-corrected chi connectivity index (χ2v) is 8.58. The molecule has 28 heavy (non-hydrogen) atoms.